The highest BCUT2D eigenvalue weighted by Crippen LogP contribution is 2.38. The Bertz CT molecular complexity index is 864. The predicted octanol–water partition coefficient (Wildman–Crippen LogP) is 2.64. The number of carbonyl (C=O) groups is 3. The topological polar surface area (TPSA) is 92.5 Å². The van der Waals surface area contributed by atoms with Crippen molar-refractivity contribution in [3.05, 3.63) is 24.1 Å². The summed E-state index contributed by atoms with van der Waals surface area (Å²) in [5.74, 6) is -0.218. The van der Waals surface area contributed by atoms with E-state index in [1.165, 1.54) is 4.90 Å². The molecule has 2 atom stereocenters. The van der Waals surface area contributed by atoms with Gasteiger partial charge < -0.3 is 9.73 Å². The molecule has 1 saturated heterocycles. The lowest BCUT2D eigenvalue weighted by Crippen LogP contribution is -2.34. The van der Waals surface area contributed by atoms with Gasteiger partial charge in [0.15, 0.2) is 11.5 Å². The van der Waals surface area contributed by atoms with Gasteiger partial charge in [0.05, 0.1) is 11.8 Å². The highest BCUT2D eigenvalue weighted by molar-refractivity contribution is 6.05. The third-order valence-electron chi connectivity index (χ3n) is 5.27. The monoisotopic (exact) mass is 355 g/mol. The summed E-state index contributed by atoms with van der Waals surface area (Å²) in [5.41, 5.74) is 1.95. The summed E-state index contributed by atoms with van der Waals surface area (Å²) in [6, 6.07) is 5.24. The van der Waals surface area contributed by atoms with E-state index in [9.17, 15) is 14.4 Å². The maximum atomic E-state index is 12.4. The number of aryl methyl sites for hydroxylation is 1. The van der Waals surface area contributed by atoms with Crippen LogP contribution < -0.4 is 5.32 Å². The molecular formula is C19H21N3O4. The SMILES string of the molecule is Cc1nc2cc(NC(=O)CCN3C(=O)C4CCCCC4C3=O)ccc2o1. The molecule has 1 aromatic carbocycles. The van der Waals surface area contributed by atoms with Crippen molar-refractivity contribution < 1.29 is 18.8 Å². The Labute approximate surface area is 150 Å². The Morgan fingerprint density at radius 2 is 1.92 bits per heavy atom. The van der Waals surface area contributed by atoms with E-state index in [0.717, 1.165) is 25.7 Å². The minimum atomic E-state index is -0.236. The van der Waals surface area contributed by atoms with Crippen molar-refractivity contribution in [1.82, 2.24) is 9.88 Å². The van der Waals surface area contributed by atoms with Gasteiger partial charge in [-0.3, -0.25) is 19.3 Å². The summed E-state index contributed by atoms with van der Waals surface area (Å²) in [4.78, 5) is 42.6. The van der Waals surface area contributed by atoms with Gasteiger partial charge in [0, 0.05) is 25.6 Å². The molecule has 1 aliphatic heterocycles. The van der Waals surface area contributed by atoms with E-state index in [2.05, 4.69) is 10.3 Å². The Hall–Kier alpha value is -2.70. The standard InChI is InChI=1S/C19H21N3O4/c1-11-20-15-10-12(6-7-16(15)26-11)21-17(23)8-9-22-18(24)13-4-2-3-5-14(13)19(22)25/h6-7,10,13-14H,2-5,8-9H2,1H3,(H,21,23). The Morgan fingerprint density at radius 3 is 2.62 bits per heavy atom. The van der Waals surface area contributed by atoms with E-state index < -0.39 is 0 Å². The number of benzene rings is 1. The number of oxazole rings is 1. The molecule has 4 rings (SSSR count). The molecule has 26 heavy (non-hydrogen) atoms. The zero-order valence-electron chi connectivity index (χ0n) is 14.7. The van der Waals surface area contributed by atoms with Crippen molar-refractivity contribution in [2.45, 2.75) is 39.0 Å². The van der Waals surface area contributed by atoms with Crippen molar-refractivity contribution in [1.29, 1.82) is 0 Å². The number of likely N-dealkylation sites (tertiary alicyclic amines) is 1. The molecule has 0 radical (unpaired) electrons. The molecule has 3 amide bonds. The fraction of sp³-hybridized carbons (Fsp3) is 0.474. The van der Waals surface area contributed by atoms with Crippen molar-refractivity contribution in [3.8, 4) is 0 Å². The third-order valence-corrected chi connectivity index (χ3v) is 5.27. The molecule has 1 N–H and O–H groups in total. The van der Waals surface area contributed by atoms with Crippen LogP contribution in [-0.4, -0.2) is 34.2 Å². The van der Waals surface area contributed by atoms with Crippen molar-refractivity contribution in [2.24, 2.45) is 11.8 Å². The molecule has 2 heterocycles. The third kappa shape index (κ3) is 2.98. The molecule has 136 valence electrons. The summed E-state index contributed by atoms with van der Waals surface area (Å²) in [5, 5.41) is 2.79. The number of aromatic nitrogens is 1. The second-order valence-electron chi connectivity index (χ2n) is 7.04. The quantitative estimate of drug-likeness (QED) is 0.851. The summed E-state index contributed by atoms with van der Waals surface area (Å²) in [6.45, 7) is 1.90. The van der Waals surface area contributed by atoms with Crippen molar-refractivity contribution >= 4 is 34.5 Å². The first kappa shape index (κ1) is 16.8. The number of carbonyl (C=O) groups excluding carboxylic acids is 3. The number of anilines is 1. The molecule has 2 fully saturated rings. The van der Waals surface area contributed by atoms with Gasteiger partial charge in [-0.1, -0.05) is 12.8 Å². The van der Waals surface area contributed by atoms with Crippen LogP contribution in [0.5, 0.6) is 0 Å². The van der Waals surface area contributed by atoms with E-state index in [1.54, 1.807) is 25.1 Å². The van der Waals surface area contributed by atoms with Crippen LogP contribution in [0.1, 0.15) is 38.0 Å². The number of hydrogen-bond acceptors (Lipinski definition) is 5. The lowest BCUT2D eigenvalue weighted by atomic mass is 9.81. The Balaban J connectivity index is 1.37. The molecule has 1 aromatic heterocycles. The van der Waals surface area contributed by atoms with Crippen LogP contribution in [0, 0.1) is 18.8 Å². The second kappa shape index (κ2) is 6.55. The predicted molar refractivity (Wildman–Crippen MR) is 94.2 cm³/mol. The highest BCUT2D eigenvalue weighted by Gasteiger charge is 2.47. The molecule has 7 nitrogen and oxygen atoms in total. The first-order valence-electron chi connectivity index (χ1n) is 9.05. The zero-order valence-corrected chi connectivity index (χ0v) is 14.7. The fourth-order valence-electron chi connectivity index (χ4n) is 4.01. The van der Waals surface area contributed by atoms with Gasteiger partial charge in [0.25, 0.3) is 0 Å². The van der Waals surface area contributed by atoms with Crippen molar-refractivity contribution in [3.63, 3.8) is 0 Å². The van der Waals surface area contributed by atoms with Crippen LogP contribution in [0.4, 0.5) is 5.69 Å². The Morgan fingerprint density at radius 1 is 1.23 bits per heavy atom. The normalized spacial score (nSPS) is 22.7. The summed E-state index contributed by atoms with van der Waals surface area (Å²) in [6.07, 6.45) is 3.66. The number of imide groups is 1. The van der Waals surface area contributed by atoms with Gasteiger partial charge in [-0.25, -0.2) is 4.98 Å². The number of fused-ring (bicyclic) bond motifs is 2. The molecule has 1 saturated carbocycles. The van der Waals surface area contributed by atoms with Gasteiger partial charge in [-0.05, 0) is 31.0 Å². The lowest BCUT2D eigenvalue weighted by Gasteiger charge is -2.19. The lowest BCUT2D eigenvalue weighted by molar-refractivity contribution is -0.140. The fourth-order valence-corrected chi connectivity index (χ4v) is 4.01. The smallest absolute Gasteiger partial charge is 0.233 e. The van der Waals surface area contributed by atoms with Gasteiger partial charge in [-0.2, -0.15) is 0 Å². The zero-order chi connectivity index (χ0) is 18.3. The van der Waals surface area contributed by atoms with E-state index in [0.29, 0.717) is 22.7 Å². The van der Waals surface area contributed by atoms with Crippen LogP contribution >= 0.6 is 0 Å². The minimum Gasteiger partial charge on any atom is -0.441 e. The minimum absolute atomic E-state index is 0.0901. The molecule has 1 aliphatic carbocycles. The highest BCUT2D eigenvalue weighted by atomic mass is 16.3. The van der Waals surface area contributed by atoms with Gasteiger partial charge in [-0.15, -0.1) is 0 Å². The van der Waals surface area contributed by atoms with Gasteiger partial charge in [0.2, 0.25) is 17.7 Å². The van der Waals surface area contributed by atoms with Crippen LogP contribution in [0.15, 0.2) is 22.6 Å². The molecule has 0 spiro atoms. The van der Waals surface area contributed by atoms with E-state index >= 15 is 0 Å². The average molecular weight is 355 g/mol. The number of nitrogens with one attached hydrogen (secondary N) is 1. The van der Waals surface area contributed by atoms with Crippen LogP contribution in [0.2, 0.25) is 0 Å². The molecule has 2 aromatic rings. The van der Waals surface area contributed by atoms with E-state index in [4.69, 9.17) is 4.42 Å². The van der Waals surface area contributed by atoms with Crippen molar-refractivity contribution in [2.75, 3.05) is 11.9 Å². The molecule has 7 heteroatoms. The van der Waals surface area contributed by atoms with Crippen LogP contribution in [0.25, 0.3) is 11.1 Å². The largest absolute Gasteiger partial charge is 0.441 e. The van der Waals surface area contributed by atoms with Gasteiger partial charge in [0.1, 0.15) is 5.52 Å². The van der Waals surface area contributed by atoms with Crippen LogP contribution in [-0.2, 0) is 14.4 Å². The molecular weight excluding hydrogens is 334 g/mol. The van der Waals surface area contributed by atoms with E-state index in [1.807, 2.05) is 0 Å². The molecule has 2 aliphatic rings. The Kier molecular flexibility index (Phi) is 4.22. The van der Waals surface area contributed by atoms with Gasteiger partial charge >= 0.3 is 0 Å². The summed E-state index contributed by atoms with van der Waals surface area (Å²) in [7, 11) is 0. The maximum Gasteiger partial charge on any atom is 0.233 e. The van der Waals surface area contributed by atoms with E-state index in [-0.39, 0.29) is 42.5 Å². The number of amides is 3. The summed E-state index contributed by atoms with van der Waals surface area (Å²) >= 11 is 0. The van der Waals surface area contributed by atoms with Crippen LogP contribution in [0.3, 0.4) is 0 Å². The first-order chi connectivity index (χ1) is 12.5. The molecule has 2 unspecified atom stereocenters. The average Bonchev–Trinajstić information content (AvgIpc) is 3.11. The first-order valence-corrected chi connectivity index (χ1v) is 9.05. The number of hydrogen-bond donors (Lipinski definition) is 1. The molecule has 0 bridgehead atoms. The number of rotatable bonds is 4. The maximum absolute atomic E-state index is 12.4. The summed E-state index contributed by atoms with van der Waals surface area (Å²) < 4.78 is 5.41. The second-order valence-corrected chi connectivity index (χ2v) is 7.04. The number of nitrogens with zero attached hydrogens (tertiary/aromatic N) is 2.